The molecule has 0 unspecified atom stereocenters. The van der Waals surface area contributed by atoms with Gasteiger partial charge in [0.15, 0.2) is 0 Å². The van der Waals surface area contributed by atoms with Crippen molar-refractivity contribution in [2.45, 2.75) is 6.42 Å². The van der Waals surface area contributed by atoms with E-state index in [1.54, 1.807) is 23.6 Å². The molecular weight excluding hydrogens is 285 g/mol. The molecule has 0 radical (unpaired) electrons. The molecule has 0 saturated heterocycles. The molecule has 2 N–H and O–H groups in total. The molecular formula is C16H14FN3S. The zero-order valence-electron chi connectivity index (χ0n) is 11.3. The molecule has 5 heteroatoms. The molecule has 0 atom stereocenters. The van der Waals surface area contributed by atoms with Crippen molar-refractivity contribution in [2.75, 3.05) is 6.54 Å². The number of halogens is 1. The van der Waals surface area contributed by atoms with Crippen LogP contribution in [0.15, 0.2) is 48.7 Å². The molecule has 0 amide bonds. The fraction of sp³-hybridized carbons (Fsp3) is 0.125. The Kier molecular flexibility index (Phi) is 4.03. The van der Waals surface area contributed by atoms with Gasteiger partial charge in [-0.25, -0.2) is 9.37 Å². The van der Waals surface area contributed by atoms with Crippen LogP contribution >= 0.6 is 11.3 Å². The number of nitrogens with zero attached hydrogens (tertiary/aromatic N) is 2. The summed E-state index contributed by atoms with van der Waals surface area (Å²) in [6.45, 7) is 0.539. The van der Waals surface area contributed by atoms with Crippen LogP contribution in [0.2, 0.25) is 0 Å². The van der Waals surface area contributed by atoms with E-state index >= 15 is 0 Å². The quantitative estimate of drug-likeness (QED) is 0.802. The molecule has 2 aromatic heterocycles. The van der Waals surface area contributed by atoms with E-state index in [9.17, 15) is 4.39 Å². The van der Waals surface area contributed by atoms with Crippen LogP contribution in [0.25, 0.3) is 21.8 Å². The first-order chi connectivity index (χ1) is 10.3. The molecule has 2 heterocycles. The Balaban J connectivity index is 2.14. The van der Waals surface area contributed by atoms with Gasteiger partial charge in [-0.05, 0) is 36.4 Å². The van der Waals surface area contributed by atoms with E-state index in [0.29, 0.717) is 13.0 Å². The molecule has 0 aliphatic carbocycles. The van der Waals surface area contributed by atoms with Crippen LogP contribution in [0.3, 0.4) is 0 Å². The van der Waals surface area contributed by atoms with Gasteiger partial charge in [0.2, 0.25) is 0 Å². The lowest BCUT2D eigenvalue weighted by atomic mass is 10.1. The number of hydrogen-bond acceptors (Lipinski definition) is 4. The number of rotatable bonds is 4. The first kappa shape index (κ1) is 13.9. The van der Waals surface area contributed by atoms with Gasteiger partial charge in [0, 0.05) is 12.6 Å². The van der Waals surface area contributed by atoms with Gasteiger partial charge < -0.3 is 5.73 Å². The van der Waals surface area contributed by atoms with E-state index in [1.807, 2.05) is 24.3 Å². The predicted octanol–water partition coefficient (Wildman–Crippen LogP) is 3.51. The third kappa shape index (κ3) is 2.99. The maximum absolute atomic E-state index is 13.5. The van der Waals surface area contributed by atoms with Gasteiger partial charge >= 0.3 is 0 Å². The predicted molar refractivity (Wildman–Crippen MR) is 83.5 cm³/mol. The fourth-order valence-electron chi connectivity index (χ4n) is 2.10. The maximum atomic E-state index is 13.5. The van der Waals surface area contributed by atoms with E-state index in [-0.39, 0.29) is 5.82 Å². The van der Waals surface area contributed by atoms with Crippen LogP contribution in [0, 0.1) is 5.82 Å². The van der Waals surface area contributed by atoms with Crippen molar-refractivity contribution in [3.63, 3.8) is 0 Å². The van der Waals surface area contributed by atoms with Crippen molar-refractivity contribution in [3.8, 4) is 21.8 Å². The van der Waals surface area contributed by atoms with Gasteiger partial charge in [-0.15, -0.1) is 11.3 Å². The summed E-state index contributed by atoms with van der Waals surface area (Å²) in [4.78, 5) is 9.91. The van der Waals surface area contributed by atoms with Gasteiger partial charge in [0.25, 0.3) is 0 Å². The summed E-state index contributed by atoms with van der Waals surface area (Å²) in [5, 5.41) is 0.942. The van der Waals surface area contributed by atoms with Crippen molar-refractivity contribution < 1.29 is 4.39 Å². The lowest BCUT2D eigenvalue weighted by Crippen LogP contribution is -2.02. The number of aromatic nitrogens is 2. The summed E-state index contributed by atoms with van der Waals surface area (Å²) in [6.07, 6.45) is 2.44. The average molecular weight is 299 g/mol. The van der Waals surface area contributed by atoms with Gasteiger partial charge in [-0.3, -0.25) is 4.98 Å². The Bertz CT molecular complexity index is 740. The van der Waals surface area contributed by atoms with E-state index in [2.05, 4.69) is 9.97 Å². The SMILES string of the molecule is NCCc1nc(-c2ccccn2)c(-c2cccc(F)c2)s1. The van der Waals surface area contributed by atoms with Crippen LogP contribution in [0.4, 0.5) is 4.39 Å². The Morgan fingerprint density at radius 3 is 2.76 bits per heavy atom. The molecule has 3 aromatic rings. The van der Waals surface area contributed by atoms with Crippen molar-refractivity contribution in [3.05, 3.63) is 59.5 Å². The van der Waals surface area contributed by atoms with E-state index in [0.717, 1.165) is 26.8 Å². The maximum Gasteiger partial charge on any atom is 0.123 e. The second kappa shape index (κ2) is 6.11. The zero-order chi connectivity index (χ0) is 14.7. The molecule has 0 spiro atoms. The number of nitrogens with two attached hydrogens (primary N) is 1. The molecule has 3 rings (SSSR count). The number of pyridine rings is 1. The van der Waals surface area contributed by atoms with Crippen molar-refractivity contribution in [1.29, 1.82) is 0 Å². The Morgan fingerprint density at radius 1 is 1.14 bits per heavy atom. The third-order valence-corrected chi connectivity index (χ3v) is 4.19. The summed E-state index contributed by atoms with van der Waals surface area (Å²) in [5.74, 6) is -0.256. The van der Waals surface area contributed by atoms with Crippen LogP contribution in [-0.4, -0.2) is 16.5 Å². The largest absolute Gasteiger partial charge is 0.330 e. The molecule has 0 aliphatic heterocycles. The minimum Gasteiger partial charge on any atom is -0.330 e. The second-order valence-corrected chi connectivity index (χ2v) is 5.63. The minimum atomic E-state index is -0.256. The van der Waals surface area contributed by atoms with Crippen LogP contribution in [0.5, 0.6) is 0 Å². The fourth-order valence-corrected chi connectivity index (χ4v) is 3.18. The highest BCUT2D eigenvalue weighted by Crippen LogP contribution is 2.36. The van der Waals surface area contributed by atoms with E-state index < -0.39 is 0 Å². The summed E-state index contributed by atoms with van der Waals surface area (Å²) >= 11 is 1.54. The highest BCUT2D eigenvalue weighted by molar-refractivity contribution is 7.15. The molecule has 106 valence electrons. The second-order valence-electron chi connectivity index (χ2n) is 4.55. The van der Waals surface area contributed by atoms with E-state index in [4.69, 9.17) is 5.73 Å². The van der Waals surface area contributed by atoms with E-state index in [1.165, 1.54) is 12.1 Å². The van der Waals surface area contributed by atoms with Crippen LogP contribution in [0.1, 0.15) is 5.01 Å². The van der Waals surface area contributed by atoms with Gasteiger partial charge in [0.1, 0.15) is 11.5 Å². The summed E-state index contributed by atoms with van der Waals surface area (Å²) < 4.78 is 13.5. The van der Waals surface area contributed by atoms with Gasteiger partial charge in [-0.2, -0.15) is 0 Å². The average Bonchev–Trinajstić information content (AvgIpc) is 2.93. The molecule has 3 nitrogen and oxygen atoms in total. The van der Waals surface area contributed by atoms with Gasteiger partial charge in [0.05, 0.1) is 15.6 Å². The topological polar surface area (TPSA) is 51.8 Å². The van der Waals surface area contributed by atoms with Gasteiger partial charge in [-0.1, -0.05) is 18.2 Å². The van der Waals surface area contributed by atoms with Crippen molar-refractivity contribution >= 4 is 11.3 Å². The Labute approximate surface area is 126 Å². The van der Waals surface area contributed by atoms with Crippen molar-refractivity contribution in [2.24, 2.45) is 5.73 Å². The van der Waals surface area contributed by atoms with Crippen LogP contribution in [-0.2, 0) is 6.42 Å². The highest BCUT2D eigenvalue weighted by atomic mass is 32.1. The Hall–Kier alpha value is -2.11. The molecule has 0 saturated carbocycles. The number of benzene rings is 1. The summed E-state index contributed by atoms with van der Waals surface area (Å²) in [6, 6.07) is 12.2. The molecule has 0 fully saturated rings. The smallest absolute Gasteiger partial charge is 0.123 e. The normalized spacial score (nSPS) is 10.8. The number of thiazole rings is 1. The highest BCUT2D eigenvalue weighted by Gasteiger charge is 2.15. The monoisotopic (exact) mass is 299 g/mol. The first-order valence-electron chi connectivity index (χ1n) is 6.65. The lowest BCUT2D eigenvalue weighted by molar-refractivity contribution is 0.628. The standard InChI is InChI=1S/C16H14FN3S/c17-12-5-3-4-11(10-12)16-15(13-6-1-2-9-19-13)20-14(21-16)7-8-18/h1-6,9-10H,7-8,18H2. The molecule has 1 aromatic carbocycles. The Morgan fingerprint density at radius 2 is 2.05 bits per heavy atom. The minimum absolute atomic E-state index is 0.256. The molecule has 0 bridgehead atoms. The third-order valence-electron chi connectivity index (χ3n) is 3.02. The molecule has 21 heavy (non-hydrogen) atoms. The van der Waals surface area contributed by atoms with Crippen LogP contribution < -0.4 is 5.73 Å². The lowest BCUT2D eigenvalue weighted by Gasteiger charge is -2.02. The molecule has 0 aliphatic rings. The number of hydrogen-bond donors (Lipinski definition) is 1. The van der Waals surface area contributed by atoms with Crippen molar-refractivity contribution in [1.82, 2.24) is 9.97 Å². The summed E-state index contributed by atoms with van der Waals surface area (Å²) in [7, 11) is 0. The zero-order valence-corrected chi connectivity index (χ0v) is 12.1. The first-order valence-corrected chi connectivity index (χ1v) is 7.46. The summed E-state index contributed by atoms with van der Waals surface area (Å²) in [5.41, 5.74) is 8.00.